The quantitative estimate of drug-likeness (QED) is 0.759. The maximum Gasteiger partial charge on any atom is 0.223 e. The Balaban J connectivity index is 1.81. The average Bonchev–Trinajstić information content (AvgIpc) is 2.56. The van der Waals surface area contributed by atoms with Crippen molar-refractivity contribution >= 4 is 21.8 Å². The molecule has 2 aromatic carbocycles. The lowest BCUT2D eigenvalue weighted by atomic mass is 10.1. The number of aryl methyl sites for hydroxylation is 1. The number of nitrogens with one attached hydrogen (secondary N) is 1. The third-order valence-corrected chi connectivity index (χ3v) is 4.29. The van der Waals surface area contributed by atoms with E-state index in [0.29, 0.717) is 13.0 Å². The molecule has 0 aliphatic carbocycles. The van der Waals surface area contributed by atoms with Gasteiger partial charge in [-0.15, -0.1) is 0 Å². The first-order chi connectivity index (χ1) is 11.5. The Morgan fingerprint density at radius 1 is 1.21 bits per heavy atom. The molecule has 0 aliphatic rings. The monoisotopic (exact) mass is 391 g/mol. The lowest BCUT2D eigenvalue weighted by Gasteiger charge is -2.16. The van der Waals surface area contributed by atoms with E-state index in [0.717, 1.165) is 21.5 Å². The summed E-state index contributed by atoms with van der Waals surface area (Å²) in [5.41, 5.74) is 2.19. The van der Waals surface area contributed by atoms with Gasteiger partial charge in [0.2, 0.25) is 5.91 Å². The van der Waals surface area contributed by atoms with Gasteiger partial charge < -0.3 is 14.8 Å². The molecule has 1 amide bonds. The van der Waals surface area contributed by atoms with E-state index in [2.05, 4.69) is 21.2 Å². The Kier molecular flexibility index (Phi) is 6.67. The molecular formula is C19H22BrNO3. The fourth-order valence-corrected chi connectivity index (χ4v) is 2.80. The summed E-state index contributed by atoms with van der Waals surface area (Å²) in [6.45, 7) is 4.33. The molecule has 0 saturated carbocycles. The zero-order chi connectivity index (χ0) is 17.5. The van der Waals surface area contributed by atoms with E-state index in [1.165, 1.54) is 5.56 Å². The predicted molar refractivity (Wildman–Crippen MR) is 98.5 cm³/mol. The number of benzene rings is 2. The van der Waals surface area contributed by atoms with E-state index in [1.54, 1.807) is 7.11 Å². The zero-order valence-electron chi connectivity index (χ0n) is 14.1. The number of methoxy groups -OCH3 is 1. The molecule has 0 heterocycles. The summed E-state index contributed by atoms with van der Waals surface area (Å²) in [5.74, 6) is 1.51. The largest absolute Gasteiger partial charge is 0.496 e. The molecule has 0 bridgehead atoms. The molecule has 4 nitrogen and oxygen atoms in total. The van der Waals surface area contributed by atoms with Gasteiger partial charge in [0.15, 0.2) is 0 Å². The van der Waals surface area contributed by atoms with Crippen LogP contribution in [0.2, 0.25) is 0 Å². The van der Waals surface area contributed by atoms with E-state index < -0.39 is 0 Å². The van der Waals surface area contributed by atoms with Gasteiger partial charge in [0.05, 0.1) is 30.7 Å². The summed E-state index contributed by atoms with van der Waals surface area (Å²) >= 11 is 3.46. The molecule has 128 valence electrons. The summed E-state index contributed by atoms with van der Waals surface area (Å²) in [5, 5.41) is 2.98. The van der Waals surface area contributed by atoms with E-state index in [1.807, 2.05) is 56.3 Å². The molecular weight excluding hydrogens is 370 g/mol. The number of ether oxygens (including phenoxy) is 2. The van der Waals surface area contributed by atoms with Crippen molar-refractivity contribution in [3.63, 3.8) is 0 Å². The minimum absolute atomic E-state index is 0.0402. The second-order valence-electron chi connectivity index (χ2n) is 5.59. The summed E-state index contributed by atoms with van der Waals surface area (Å²) in [4.78, 5) is 12.1. The average molecular weight is 392 g/mol. The van der Waals surface area contributed by atoms with Crippen molar-refractivity contribution in [2.24, 2.45) is 0 Å². The van der Waals surface area contributed by atoms with E-state index in [4.69, 9.17) is 9.47 Å². The van der Waals surface area contributed by atoms with Gasteiger partial charge in [-0.25, -0.2) is 0 Å². The second-order valence-corrected chi connectivity index (χ2v) is 6.45. The molecule has 1 atom stereocenters. The minimum atomic E-state index is -0.0842. The van der Waals surface area contributed by atoms with Crippen LogP contribution in [-0.2, 0) is 4.79 Å². The Labute approximate surface area is 151 Å². The van der Waals surface area contributed by atoms with Gasteiger partial charge in [0, 0.05) is 0 Å². The number of hydrogen-bond acceptors (Lipinski definition) is 3. The van der Waals surface area contributed by atoms with Crippen molar-refractivity contribution in [2.45, 2.75) is 26.3 Å². The third-order valence-electron chi connectivity index (χ3n) is 3.67. The first-order valence-electron chi connectivity index (χ1n) is 7.82. The number of carbonyl (C=O) groups is 1. The molecule has 0 radical (unpaired) electrons. The zero-order valence-corrected chi connectivity index (χ0v) is 15.7. The van der Waals surface area contributed by atoms with E-state index >= 15 is 0 Å². The molecule has 0 aliphatic heterocycles. The molecule has 0 fully saturated rings. The van der Waals surface area contributed by atoms with Crippen LogP contribution in [0, 0.1) is 6.92 Å². The van der Waals surface area contributed by atoms with Gasteiger partial charge in [0.1, 0.15) is 11.5 Å². The van der Waals surface area contributed by atoms with Crippen LogP contribution < -0.4 is 14.8 Å². The lowest BCUT2D eigenvalue weighted by Crippen LogP contribution is -2.27. The lowest BCUT2D eigenvalue weighted by molar-refractivity contribution is -0.122. The number of rotatable bonds is 7. The second kappa shape index (κ2) is 8.73. The number of halogens is 1. The van der Waals surface area contributed by atoms with Crippen molar-refractivity contribution in [1.82, 2.24) is 5.32 Å². The van der Waals surface area contributed by atoms with Crippen LogP contribution in [0.4, 0.5) is 0 Å². The topological polar surface area (TPSA) is 47.6 Å². The van der Waals surface area contributed by atoms with Crippen LogP contribution in [0.15, 0.2) is 46.9 Å². The van der Waals surface area contributed by atoms with Crippen LogP contribution in [0.1, 0.15) is 30.5 Å². The van der Waals surface area contributed by atoms with Crippen molar-refractivity contribution < 1.29 is 14.3 Å². The van der Waals surface area contributed by atoms with Gasteiger partial charge in [0.25, 0.3) is 0 Å². The van der Waals surface area contributed by atoms with Crippen LogP contribution in [0.3, 0.4) is 0 Å². The van der Waals surface area contributed by atoms with Crippen molar-refractivity contribution in [1.29, 1.82) is 0 Å². The highest BCUT2D eigenvalue weighted by Crippen LogP contribution is 2.28. The van der Waals surface area contributed by atoms with Gasteiger partial charge in [-0.2, -0.15) is 0 Å². The molecule has 0 spiro atoms. The highest BCUT2D eigenvalue weighted by Gasteiger charge is 2.11. The van der Waals surface area contributed by atoms with Crippen LogP contribution in [-0.4, -0.2) is 19.6 Å². The first kappa shape index (κ1) is 18.3. The van der Waals surface area contributed by atoms with Crippen molar-refractivity contribution in [2.75, 3.05) is 13.7 Å². The molecule has 2 rings (SSSR count). The van der Waals surface area contributed by atoms with E-state index in [9.17, 15) is 4.79 Å². The fourth-order valence-electron chi connectivity index (χ4n) is 2.25. The van der Waals surface area contributed by atoms with Crippen LogP contribution in [0.25, 0.3) is 0 Å². The Morgan fingerprint density at radius 3 is 2.54 bits per heavy atom. The maximum atomic E-state index is 12.1. The molecule has 2 aromatic rings. The Morgan fingerprint density at radius 2 is 1.92 bits per heavy atom. The van der Waals surface area contributed by atoms with E-state index in [-0.39, 0.29) is 11.9 Å². The van der Waals surface area contributed by atoms with Crippen LogP contribution in [0.5, 0.6) is 11.5 Å². The van der Waals surface area contributed by atoms with Gasteiger partial charge in [-0.1, -0.05) is 23.8 Å². The standard InChI is InChI=1S/C19H22BrNO3/c1-13-4-7-16(8-5-13)24-11-10-19(22)21-14(2)15-6-9-18(23-3)17(20)12-15/h4-9,12,14H,10-11H2,1-3H3,(H,21,22)/t14-/m1/s1. The fraction of sp³-hybridized carbons (Fsp3) is 0.316. The smallest absolute Gasteiger partial charge is 0.223 e. The maximum absolute atomic E-state index is 12.1. The highest BCUT2D eigenvalue weighted by atomic mass is 79.9. The van der Waals surface area contributed by atoms with Crippen LogP contribution >= 0.6 is 15.9 Å². The summed E-state index contributed by atoms with van der Waals surface area (Å²) in [6.07, 6.45) is 0.315. The Hall–Kier alpha value is -2.01. The highest BCUT2D eigenvalue weighted by molar-refractivity contribution is 9.10. The first-order valence-corrected chi connectivity index (χ1v) is 8.61. The summed E-state index contributed by atoms with van der Waals surface area (Å²) in [7, 11) is 1.62. The van der Waals surface area contributed by atoms with Gasteiger partial charge >= 0.3 is 0 Å². The summed E-state index contributed by atoms with van der Waals surface area (Å²) in [6, 6.07) is 13.5. The molecule has 1 N–H and O–H groups in total. The molecule has 0 saturated heterocycles. The normalized spacial score (nSPS) is 11.7. The SMILES string of the molecule is COc1ccc([C@@H](C)NC(=O)CCOc2ccc(C)cc2)cc1Br. The summed E-state index contributed by atoms with van der Waals surface area (Å²) < 4.78 is 11.7. The minimum Gasteiger partial charge on any atom is -0.496 e. The third kappa shape index (κ3) is 5.27. The van der Waals surface area contributed by atoms with Gasteiger partial charge in [-0.05, 0) is 59.6 Å². The van der Waals surface area contributed by atoms with Crippen molar-refractivity contribution in [3.05, 3.63) is 58.1 Å². The number of carbonyl (C=O) groups excluding carboxylic acids is 1. The molecule has 24 heavy (non-hydrogen) atoms. The number of amides is 1. The number of hydrogen-bond donors (Lipinski definition) is 1. The van der Waals surface area contributed by atoms with Gasteiger partial charge in [-0.3, -0.25) is 4.79 Å². The molecule has 5 heteroatoms. The van der Waals surface area contributed by atoms with Crippen molar-refractivity contribution in [3.8, 4) is 11.5 Å². The predicted octanol–water partition coefficient (Wildman–Crippen LogP) is 4.41. The Bertz CT molecular complexity index is 686. The molecule has 0 unspecified atom stereocenters. The molecule has 0 aromatic heterocycles.